The van der Waals surface area contributed by atoms with Crippen molar-refractivity contribution in [3.8, 4) is 11.8 Å². The highest BCUT2D eigenvalue weighted by Gasteiger charge is 2.09. The number of phenolic OH excluding ortho intramolecular Hbond substituents is 1. The Morgan fingerprint density at radius 3 is 2.71 bits per heavy atom. The van der Waals surface area contributed by atoms with E-state index in [0.717, 1.165) is 0 Å². The number of anilines is 1. The number of amides is 1. The highest BCUT2D eigenvalue weighted by Crippen LogP contribution is 2.11. The molecule has 0 bridgehead atoms. The molecule has 1 aromatic heterocycles. The lowest BCUT2D eigenvalue weighted by Crippen LogP contribution is -2.12. The van der Waals surface area contributed by atoms with Crippen molar-refractivity contribution in [3.05, 3.63) is 29.8 Å². The molecule has 0 aliphatic rings. The molecular weight excluding hydrogens is 224 g/mol. The van der Waals surface area contributed by atoms with Crippen molar-refractivity contribution in [2.24, 2.45) is 0 Å². The van der Waals surface area contributed by atoms with Gasteiger partial charge in [0.15, 0.2) is 0 Å². The standard InChI is InChI=1S/C10H10N4O3/c1-17-10-12-9(13-14-10)11-8(16)6-2-4-7(15)5-3-6/h2-5,15H,1H3,(H2,11,12,13,14,16). The molecule has 2 rings (SSSR count). The molecule has 7 heteroatoms. The van der Waals surface area contributed by atoms with Crippen LogP contribution in [0.3, 0.4) is 0 Å². The van der Waals surface area contributed by atoms with E-state index in [2.05, 4.69) is 20.5 Å². The summed E-state index contributed by atoms with van der Waals surface area (Å²) in [4.78, 5) is 15.5. The minimum atomic E-state index is -0.358. The Morgan fingerprint density at radius 1 is 1.41 bits per heavy atom. The molecule has 7 nitrogen and oxygen atoms in total. The first-order chi connectivity index (χ1) is 8.19. The topological polar surface area (TPSA) is 100 Å². The van der Waals surface area contributed by atoms with Gasteiger partial charge in [0, 0.05) is 5.56 Å². The van der Waals surface area contributed by atoms with Crippen LogP contribution in [0.5, 0.6) is 11.8 Å². The minimum Gasteiger partial charge on any atom is -0.508 e. The SMILES string of the molecule is COc1n[nH]c(NC(=O)c2ccc(O)cc2)n1. The Kier molecular flexibility index (Phi) is 2.91. The number of rotatable bonds is 3. The van der Waals surface area contributed by atoms with E-state index in [-0.39, 0.29) is 23.6 Å². The number of benzene rings is 1. The average Bonchev–Trinajstić information content (AvgIpc) is 2.77. The number of aromatic amines is 1. The quantitative estimate of drug-likeness (QED) is 0.728. The lowest BCUT2D eigenvalue weighted by Gasteiger charge is -2.00. The zero-order valence-electron chi connectivity index (χ0n) is 8.97. The van der Waals surface area contributed by atoms with Gasteiger partial charge in [0.05, 0.1) is 7.11 Å². The molecular formula is C10H10N4O3. The van der Waals surface area contributed by atoms with Crippen LogP contribution >= 0.6 is 0 Å². The first-order valence-electron chi connectivity index (χ1n) is 4.76. The zero-order valence-corrected chi connectivity index (χ0v) is 8.97. The van der Waals surface area contributed by atoms with E-state index in [0.29, 0.717) is 5.56 Å². The molecule has 0 saturated heterocycles. The Bertz CT molecular complexity index is 521. The summed E-state index contributed by atoms with van der Waals surface area (Å²) in [5, 5.41) is 17.8. The maximum Gasteiger partial charge on any atom is 0.336 e. The summed E-state index contributed by atoms with van der Waals surface area (Å²) in [5.41, 5.74) is 0.401. The number of nitrogens with zero attached hydrogens (tertiary/aromatic N) is 2. The smallest absolute Gasteiger partial charge is 0.336 e. The maximum absolute atomic E-state index is 11.7. The van der Waals surface area contributed by atoms with Crippen LogP contribution in [-0.4, -0.2) is 33.3 Å². The minimum absolute atomic E-state index is 0.0999. The molecule has 0 aliphatic heterocycles. The number of methoxy groups -OCH3 is 1. The van der Waals surface area contributed by atoms with Gasteiger partial charge in [-0.1, -0.05) is 0 Å². The van der Waals surface area contributed by atoms with Gasteiger partial charge in [0.1, 0.15) is 5.75 Å². The molecule has 1 amide bonds. The van der Waals surface area contributed by atoms with Crippen LogP contribution in [0.15, 0.2) is 24.3 Å². The van der Waals surface area contributed by atoms with E-state index in [9.17, 15) is 4.79 Å². The molecule has 0 unspecified atom stereocenters. The number of aromatic hydroxyl groups is 1. The van der Waals surface area contributed by atoms with Crippen molar-refractivity contribution in [1.82, 2.24) is 15.2 Å². The molecule has 0 saturated carbocycles. The Labute approximate surface area is 96.5 Å². The van der Waals surface area contributed by atoms with Crippen LogP contribution in [0.1, 0.15) is 10.4 Å². The fraction of sp³-hybridized carbons (Fsp3) is 0.100. The third-order valence-electron chi connectivity index (χ3n) is 2.01. The number of ether oxygens (including phenoxy) is 1. The normalized spacial score (nSPS) is 9.94. The number of H-pyrrole nitrogens is 1. The third-order valence-corrected chi connectivity index (χ3v) is 2.01. The Morgan fingerprint density at radius 2 is 2.12 bits per heavy atom. The molecule has 0 fully saturated rings. The first kappa shape index (κ1) is 10.9. The predicted molar refractivity (Wildman–Crippen MR) is 59.0 cm³/mol. The van der Waals surface area contributed by atoms with Gasteiger partial charge in [-0.3, -0.25) is 10.1 Å². The molecule has 88 valence electrons. The molecule has 1 aromatic carbocycles. The highest BCUT2D eigenvalue weighted by molar-refractivity contribution is 6.03. The monoisotopic (exact) mass is 234 g/mol. The van der Waals surface area contributed by atoms with Crippen LogP contribution in [0, 0.1) is 0 Å². The predicted octanol–water partition coefficient (Wildman–Crippen LogP) is 0.771. The van der Waals surface area contributed by atoms with Gasteiger partial charge in [-0.05, 0) is 24.3 Å². The number of carbonyl (C=O) groups is 1. The number of aromatic nitrogens is 3. The number of hydrogen-bond donors (Lipinski definition) is 3. The van der Waals surface area contributed by atoms with Gasteiger partial charge in [-0.25, -0.2) is 5.10 Å². The summed E-state index contributed by atoms with van der Waals surface area (Å²) in [7, 11) is 1.43. The molecule has 2 aromatic rings. The molecule has 0 atom stereocenters. The van der Waals surface area contributed by atoms with Crippen LogP contribution in [0.25, 0.3) is 0 Å². The van der Waals surface area contributed by atoms with E-state index >= 15 is 0 Å². The van der Waals surface area contributed by atoms with Crippen molar-refractivity contribution in [2.75, 3.05) is 12.4 Å². The lowest BCUT2D eigenvalue weighted by molar-refractivity contribution is 0.102. The van der Waals surface area contributed by atoms with Crippen molar-refractivity contribution in [1.29, 1.82) is 0 Å². The van der Waals surface area contributed by atoms with Crippen LogP contribution in [0.2, 0.25) is 0 Å². The molecule has 0 radical (unpaired) electrons. The zero-order chi connectivity index (χ0) is 12.3. The summed E-state index contributed by atoms with van der Waals surface area (Å²) < 4.78 is 4.76. The summed E-state index contributed by atoms with van der Waals surface area (Å²) >= 11 is 0. The van der Waals surface area contributed by atoms with Gasteiger partial charge in [0.2, 0.25) is 5.95 Å². The third kappa shape index (κ3) is 2.51. The first-order valence-corrected chi connectivity index (χ1v) is 4.76. The van der Waals surface area contributed by atoms with E-state index in [1.54, 1.807) is 0 Å². The second-order valence-corrected chi connectivity index (χ2v) is 3.17. The lowest BCUT2D eigenvalue weighted by atomic mass is 10.2. The van der Waals surface area contributed by atoms with Crippen molar-refractivity contribution < 1.29 is 14.6 Å². The van der Waals surface area contributed by atoms with Gasteiger partial charge >= 0.3 is 6.01 Å². The fourth-order valence-electron chi connectivity index (χ4n) is 1.19. The van der Waals surface area contributed by atoms with E-state index in [1.165, 1.54) is 31.4 Å². The summed E-state index contributed by atoms with van der Waals surface area (Å²) in [6.45, 7) is 0. The van der Waals surface area contributed by atoms with Gasteiger partial charge < -0.3 is 9.84 Å². The highest BCUT2D eigenvalue weighted by atomic mass is 16.5. The number of carbonyl (C=O) groups excluding carboxylic acids is 1. The van der Waals surface area contributed by atoms with Crippen LogP contribution < -0.4 is 10.1 Å². The van der Waals surface area contributed by atoms with Crippen LogP contribution in [0.4, 0.5) is 5.95 Å². The van der Waals surface area contributed by atoms with Crippen molar-refractivity contribution in [2.45, 2.75) is 0 Å². The summed E-state index contributed by atoms with van der Waals surface area (Å²) in [6, 6.07) is 5.99. The van der Waals surface area contributed by atoms with E-state index in [4.69, 9.17) is 9.84 Å². The van der Waals surface area contributed by atoms with Crippen LogP contribution in [-0.2, 0) is 0 Å². The summed E-state index contributed by atoms with van der Waals surface area (Å²) in [5.74, 6) is -0.0633. The van der Waals surface area contributed by atoms with Crippen molar-refractivity contribution >= 4 is 11.9 Å². The second-order valence-electron chi connectivity index (χ2n) is 3.17. The number of hydrogen-bond acceptors (Lipinski definition) is 5. The Hall–Kier alpha value is -2.57. The van der Waals surface area contributed by atoms with Gasteiger partial charge in [-0.2, -0.15) is 4.98 Å². The molecule has 3 N–H and O–H groups in total. The molecule has 0 spiro atoms. The second kappa shape index (κ2) is 4.52. The average molecular weight is 234 g/mol. The molecule has 17 heavy (non-hydrogen) atoms. The van der Waals surface area contributed by atoms with E-state index in [1.807, 2.05) is 0 Å². The molecule has 1 heterocycles. The van der Waals surface area contributed by atoms with Gasteiger partial charge in [0.25, 0.3) is 5.91 Å². The number of nitrogens with one attached hydrogen (secondary N) is 2. The van der Waals surface area contributed by atoms with E-state index < -0.39 is 0 Å². The maximum atomic E-state index is 11.7. The molecule has 0 aliphatic carbocycles. The fourth-order valence-corrected chi connectivity index (χ4v) is 1.19. The largest absolute Gasteiger partial charge is 0.508 e. The van der Waals surface area contributed by atoms with Gasteiger partial charge in [-0.15, -0.1) is 5.10 Å². The number of phenols is 1. The van der Waals surface area contributed by atoms with Crippen molar-refractivity contribution in [3.63, 3.8) is 0 Å². The summed E-state index contributed by atoms with van der Waals surface area (Å²) in [6.07, 6.45) is 0. The Balaban J connectivity index is 2.08.